The summed E-state index contributed by atoms with van der Waals surface area (Å²) in [5, 5.41) is 2.32. The number of pyridine rings is 1. The minimum atomic E-state index is -0.836. The number of hydrogen-bond donors (Lipinski definition) is 1. The molecule has 3 aromatic rings. The fraction of sp³-hybridized carbons (Fsp3) is 0.360. The predicted octanol–water partition coefficient (Wildman–Crippen LogP) is 4.66. The molecule has 1 aliphatic carbocycles. The smallest absolute Gasteiger partial charge is 0.212 e. The molecular weight excluding hydrogens is 461 g/mol. The van der Waals surface area contributed by atoms with Crippen LogP contribution in [0.2, 0.25) is 0 Å². The average Bonchev–Trinajstić information content (AvgIpc) is 3.49. The van der Waals surface area contributed by atoms with Crippen molar-refractivity contribution >= 4 is 12.2 Å². The Labute approximate surface area is 201 Å². The molecule has 186 valence electrons. The Hall–Kier alpha value is -3.53. The second-order valence-corrected chi connectivity index (χ2v) is 8.42. The van der Waals surface area contributed by atoms with E-state index in [9.17, 15) is 18.0 Å². The number of aromatic nitrogens is 3. The number of nitrogens with zero attached hydrogens (tertiary/aromatic N) is 3. The summed E-state index contributed by atoms with van der Waals surface area (Å²) in [6.45, 7) is 6.17. The van der Waals surface area contributed by atoms with Gasteiger partial charge >= 0.3 is 0 Å². The van der Waals surface area contributed by atoms with Crippen molar-refractivity contribution in [3.63, 3.8) is 0 Å². The van der Waals surface area contributed by atoms with Crippen LogP contribution in [0.15, 0.2) is 36.7 Å². The highest BCUT2D eigenvalue weighted by molar-refractivity contribution is 5.68. The number of hydrogen-bond acceptors (Lipinski definition) is 6. The molecule has 0 saturated heterocycles. The summed E-state index contributed by atoms with van der Waals surface area (Å²) < 4.78 is 50.4. The van der Waals surface area contributed by atoms with Crippen LogP contribution in [0, 0.1) is 37.2 Å². The van der Waals surface area contributed by atoms with Gasteiger partial charge in [0.05, 0.1) is 25.6 Å². The highest BCUT2D eigenvalue weighted by Gasteiger charge is 2.53. The molecule has 4 rings (SSSR count). The van der Waals surface area contributed by atoms with Gasteiger partial charge in [0.25, 0.3) is 0 Å². The maximum Gasteiger partial charge on any atom is 0.212 e. The normalized spacial score (nSPS) is 18.3. The molecular formula is C25H27F3N4O3. The summed E-state index contributed by atoms with van der Waals surface area (Å²) in [5.74, 6) is -0.143. The predicted molar refractivity (Wildman–Crippen MR) is 123 cm³/mol. The molecule has 1 fully saturated rings. The van der Waals surface area contributed by atoms with Crippen molar-refractivity contribution in [2.24, 2.45) is 5.92 Å². The van der Waals surface area contributed by atoms with Crippen LogP contribution in [0.25, 0.3) is 0 Å². The number of ether oxygens (including phenoxy) is 2. The van der Waals surface area contributed by atoms with E-state index < -0.39 is 11.6 Å². The third kappa shape index (κ3) is 6.33. The lowest BCUT2D eigenvalue weighted by atomic mass is 9.94. The average molecular weight is 489 g/mol. The Morgan fingerprint density at radius 1 is 1.11 bits per heavy atom. The summed E-state index contributed by atoms with van der Waals surface area (Å²) in [4.78, 5) is 22.0. The molecule has 1 amide bonds. The molecule has 2 heterocycles. The molecule has 1 aromatic carbocycles. The van der Waals surface area contributed by atoms with E-state index >= 15 is 0 Å². The zero-order chi connectivity index (χ0) is 25.6. The molecule has 7 nitrogen and oxygen atoms in total. The van der Waals surface area contributed by atoms with E-state index in [-0.39, 0.29) is 11.2 Å². The van der Waals surface area contributed by atoms with Crippen molar-refractivity contribution in [3.8, 4) is 5.75 Å². The molecule has 0 radical (unpaired) electrons. The van der Waals surface area contributed by atoms with E-state index in [1.54, 1.807) is 33.2 Å². The monoisotopic (exact) mass is 488 g/mol. The Morgan fingerprint density at radius 3 is 2.46 bits per heavy atom. The lowest BCUT2D eigenvalue weighted by Gasteiger charge is -2.19. The number of halogens is 3. The van der Waals surface area contributed by atoms with Crippen LogP contribution < -0.4 is 10.1 Å². The molecule has 1 aliphatic rings. The molecule has 1 N–H and O–H groups in total. The van der Waals surface area contributed by atoms with E-state index in [1.165, 1.54) is 18.2 Å². The Kier molecular flexibility index (Phi) is 8.39. The van der Waals surface area contributed by atoms with Gasteiger partial charge < -0.3 is 14.8 Å². The summed E-state index contributed by atoms with van der Waals surface area (Å²) in [6, 6.07) is 5.53. The number of rotatable bonds is 8. The van der Waals surface area contributed by atoms with E-state index in [4.69, 9.17) is 9.47 Å². The fourth-order valence-corrected chi connectivity index (χ4v) is 3.73. The van der Waals surface area contributed by atoms with Crippen molar-refractivity contribution < 1.29 is 27.4 Å². The first-order valence-corrected chi connectivity index (χ1v) is 10.9. The van der Waals surface area contributed by atoms with Gasteiger partial charge in [-0.15, -0.1) is 0 Å². The van der Waals surface area contributed by atoms with Crippen LogP contribution in [-0.2, 0) is 21.6 Å². The van der Waals surface area contributed by atoms with Gasteiger partial charge in [0.15, 0.2) is 17.4 Å². The summed E-state index contributed by atoms with van der Waals surface area (Å²) >= 11 is 0. The highest BCUT2D eigenvalue weighted by atomic mass is 19.2. The maximum atomic E-state index is 13.6. The maximum absolute atomic E-state index is 13.6. The van der Waals surface area contributed by atoms with Crippen molar-refractivity contribution in [2.45, 2.75) is 39.2 Å². The van der Waals surface area contributed by atoms with Gasteiger partial charge in [-0.1, -0.05) is 13.0 Å². The highest BCUT2D eigenvalue weighted by Crippen LogP contribution is 2.54. The minimum absolute atomic E-state index is 0.302. The zero-order valence-corrected chi connectivity index (χ0v) is 19.9. The van der Waals surface area contributed by atoms with Gasteiger partial charge in [0.2, 0.25) is 6.41 Å². The molecule has 2 aromatic heterocycles. The van der Waals surface area contributed by atoms with Gasteiger partial charge in [0.1, 0.15) is 23.2 Å². The van der Waals surface area contributed by atoms with Crippen molar-refractivity contribution in [2.75, 3.05) is 19.0 Å². The molecule has 35 heavy (non-hydrogen) atoms. The fourth-order valence-electron chi connectivity index (χ4n) is 3.73. The summed E-state index contributed by atoms with van der Waals surface area (Å²) in [6.07, 6.45) is 4.06. The van der Waals surface area contributed by atoms with Crippen LogP contribution in [0.5, 0.6) is 5.75 Å². The first-order valence-electron chi connectivity index (χ1n) is 10.9. The van der Waals surface area contributed by atoms with Gasteiger partial charge in [-0.3, -0.25) is 4.79 Å². The molecule has 2 atom stereocenters. The molecule has 0 bridgehead atoms. The number of aryl methyl sites for hydroxylation is 2. The van der Waals surface area contributed by atoms with Gasteiger partial charge in [-0.2, -0.15) is 0 Å². The number of benzene rings is 1. The summed E-state index contributed by atoms with van der Waals surface area (Å²) in [5.41, 5.74) is 1.60. The molecule has 10 heteroatoms. The van der Waals surface area contributed by atoms with Crippen molar-refractivity contribution in [1.29, 1.82) is 0 Å². The number of amides is 1. The van der Waals surface area contributed by atoms with Crippen LogP contribution in [-0.4, -0.2) is 35.1 Å². The van der Waals surface area contributed by atoms with E-state index in [0.717, 1.165) is 18.2 Å². The first-order chi connectivity index (χ1) is 16.7. The Balaban J connectivity index is 0.000000261. The number of methoxy groups -OCH3 is 1. The van der Waals surface area contributed by atoms with Gasteiger partial charge in [0, 0.05) is 12.5 Å². The lowest BCUT2D eigenvalue weighted by molar-refractivity contribution is -0.105. The van der Waals surface area contributed by atoms with Crippen molar-refractivity contribution in [3.05, 3.63) is 76.8 Å². The second-order valence-electron chi connectivity index (χ2n) is 8.42. The molecule has 0 spiro atoms. The SMILES string of the molecule is COCc1nc(C)ncc1OC[C@@]1(c2ccc(F)c(F)c2)CC1C.Cc1cc(NC=O)ncc1F. The van der Waals surface area contributed by atoms with Crippen LogP contribution in [0.4, 0.5) is 19.0 Å². The third-order valence-corrected chi connectivity index (χ3v) is 5.92. The second kappa shape index (κ2) is 11.3. The number of nitrogens with one attached hydrogen (secondary N) is 1. The van der Waals surface area contributed by atoms with Crippen LogP contribution >= 0.6 is 0 Å². The number of carbonyl (C=O) groups is 1. The number of carbonyl (C=O) groups excluding carboxylic acids is 1. The van der Waals surface area contributed by atoms with E-state index in [1.807, 2.05) is 0 Å². The van der Waals surface area contributed by atoms with Crippen LogP contribution in [0.3, 0.4) is 0 Å². The lowest BCUT2D eigenvalue weighted by Crippen LogP contribution is -2.21. The summed E-state index contributed by atoms with van der Waals surface area (Å²) in [7, 11) is 1.59. The quantitative estimate of drug-likeness (QED) is 0.464. The molecule has 1 saturated carbocycles. The third-order valence-electron chi connectivity index (χ3n) is 5.92. The topological polar surface area (TPSA) is 86.2 Å². The van der Waals surface area contributed by atoms with Crippen molar-refractivity contribution in [1.82, 2.24) is 15.0 Å². The van der Waals surface area contributed by atoms with E-state index in [2.05, 4.69) is 27.2 Å². The van der Waals surface area contributed by atoms with Gasteiger partial charge in [-0.25, -0.2) is 28.1 Å². The first kappa shape index (κ1) is 26.1. The minimum Gasteiger partial charge on any atom is -0.489 e. The standard InChI is InChI=1S/C18H20F2N2O2.C7H7FN2O/c1-11-7-18(11,13-4-5-14(19)15(20)6-13)10-24-17-8-21-12(2)22-16(17)9-23-3;1-5-2-7(10-4-11)9-3-6(5)8/h4-6,8,11H,7,9-10H2,1-3H3;2-4H,1H3,(H,9,10,11)/t11?,18-;/m0./s1. The number of anilines is 1. The zero-order valence-electron chi connectivity index (χ0n) is 19.9. The largest absolute Gasteiger partial charge is 0.489 e. The molecule has 0 aliphatic heterocycles. The molecule has 1 unspecified atom stereocenters. The Morgan fingerprint density at radius 2 is 1.86 bits per heavy atom. The Bertz CT molecular complexity index is 1190. The van der Waals surface area contributed by atoms with Gasteiger partial charge in [-0.05, 0) is 55.5 Å². The van der Waals surface area contributed by atoms with E-state index in [0.29, 0.717) is 54.2 Å². The van der Waals surface area contributed by atoms with Crippen LogP contribution in [0.1, 0.15) is 36.0 Å².